The molecule has 1 aliphatic carbocycles. The van der Waals surface area contributed by atoms with Crippen LogP contribution in [0.1, 0.15) is 24.4 Å². The van der Waals surface area contributed by atoms with Crippen molar-refractivity contribution >= 4 is 33.4 Å². The van der Waals surface area contributed by atoms with Crippen molar-refractivity contribution in [3.63, 3.8) is 0 Å². The molecule has 0 atom stereocenters. The number of anilines is 1. The van der Waals surface area contributed by atoms with Gasteiger partial charge in [0.05, 0.1) is 6.04 Å². The van der Waals surface area contributed by atoms with Crippen molar-refractivity contribution in [1.29, 1.82) is 0 Å². The molecule has 0 bridgehead atoms. The summed E-state index contributed by atoms with van der Waals surface area (Å²) in [5, 5.41) is 12.7. The van der Waals surface area contributed by atoms with Crippen LogP contribution in [-0.2, 0) is 5.75 Å². The van der Waals surface area contributed by atoms with E-state index in [4.69, 9.17) is 5.73 Å². The summed E-state index contributed by atoms with van der Waals surface area (Å²) in [6, 6.07) is 6.44. The average Bonchev–Trinajstić information content (AvgIpc) is 3.08. The highest BCUT2D eigenvalue weighted by molar-refractivity contribution is 9.10. The molecule has 1 fully saturated rings. The molecular weight excluding hydrogens is 314 g/mol. The lowest BCUT2D eigenvalue weighted by Gasteiger charge is -2.06. The van der Waals surface area contributed by atoms with Gasteiger partial charge in [0.2, 0.25) is 5.16 Å². The molecule has 0 unspecified atom stereocenters. The molecule has 0 spiro atoms. The summed E-state index contributed by atoms with van der Waals surface area (Å²) < 4.78 is 2.91. The molecule has 0 radical (unpaired) electrons. The van der Waals surface area contributed by atoms with Crippen molar-refractivity contribution in [3.05, 3.63) is 28.2 Å². The first kappa shape index (κ1) is 12.0. The first-order valence-electron chi connectivity index (χ1n) is 5.68. The van der Waals surface area contributed by atoms with Gasteiger partial charge in [-0.15, -0.1) is 5.10 Å². The minimum atomic E-state index is 0.504. The van der Waals surface area contributed by atoms with Crippen LogP contribution in [0.2, 0.25) is 0 Å². The van der Waals surface area contributed by atoms with Crippen molar-refractivity contribution in [2.24, 2.45) is 0 Å². The van der Waals surface area contributed by atoms with E-state index in [2.05, 4.69) is 31.5 Å². The zero-order valence-corrected chi connectivity index (χ0v) is 12.0. The van der Waals surface area contributed by atoms with E-state index in [9.17, 15) is 0 Å². The van der Waals surface area contributed by atoms with Crippen molar-refractivity contribution in [1.82, 2.24) is 20.2 Å². The molecule has 2 N–H and O–H groups in total. The predicted molar refractivity (Wildman–Crippen MR) is 74.2 cm³/mol. The van der Waals surface area contributed by atoms with Crippen LogP contribution < -0.4 is 5.73 Å². The normalized spacial score (nSPS) is 14.9. The molecule has 7 heteroatoms. The maximum absolute atomic E-state index is 5.97. The smallest absolute Gasteiger partial charge is 0.209 e. The Morgan fingerprint density at radius 1 is 1.44 bits per heavy atom. The Balaban J connectivity index is 1.71. The SMILES string of the molecule is Nc1cc(Br)ccc1CSc1nnnn1C1CC1. The molecule has 1 aromatic heterocycles. The van der Waals surface area contributed by atoms with E-state index in [1.54, 1.807) is 11.8 Å². The van der Waals surface area contributed by atoms with E-state index in [0.717, 1.165) is 26.6 Å². The fraction of sp³-hybridized carbons (Fsp3) is 0.364. The molecule has 2 aromatic rings. The Labute approximate surface area is 117 Å². The molecule has 0 amide bonds. The number of rotatable bonds is 4. The molecule has 1 aromatic carbocycles. The van der Waals surface area contributed by atoms with E-state index >= 15 is 0 Å². The zero-order chi connectivity index (χ0) is 12.5. The minimum absolute atomic E-state index is 0.504. The Kier molecular flexibility index (Phi) is 3.25. The molecular formula is C11H12BrN5S. The van der Waals surface area contributed by atoms with Crippen LogP contribution in [-0.4, -0.2) is 20.2 Å². The lowest BCUT2D eigenvalue weighted by atomic mass is 10.2. The van der Waals surface area contributed by atoms with Crippen molar-refractivity contribution in [2.45, 2.75) is 29.8 Å². The average molecular weight is 326 g/mol. The van der Waals surface area contributed by atoms with Crippen LogP contribution in [0.25, 0.3) is 0 Å². The number of tetrazole rings is 1. The highest BCUT2D eigenvalue weighted by atomic mass is 79.9. The second-order valence-corrected chi connectivity index (χ2v) is 6.13. The number of nitrogens with two attached hydrogens (primary N) is 1. The number of nitrogens with zero attached hydrogens (tertiary/aromatic N) is 4. The quantitative estimate of drug-likeness (QED) is 0.691. The molecule has 18 heavy (non-hydrogen) atoms. The molecule has 1 aliphatic rings. The van der Waals surface area contributed by atoms with Gasteiger partial charge in [0.25, 0.3) is 0 Å². The molecule has 3 rings (SSSR count). The monoisotopic (exact) mass is 325 g/mol. The summed E-state index contributed by atoms with van der Waals surface area (Å²) in [5.41, 5.74) is 7.87. The topological polar surface area (TPSA) is 69.6 Å². The van der Waals surface area contributed by atoms with Gasteiger partial charge in [-0.25, -0.2) is 4.68 Å². The van der Waals surface area contributed by atoms with Crippen molar-refractivity contribution < 1.29 is 0 Å². The number of nitrogen functional groups attached to an aromatic ring is 1. The van der Waals surface area contributed by atoms with Gasteiger partial charge < -0.3 is 5.73 Å². The summed E-state index contributed by atoms with van der Waals surface area (Å²) >= 11 is 5.03. The van der Waals surface area contributed by atoms with Crippen LogP contribution in [0.3, 0.4) is 0 Å². The first-order valence-corrected chi connectivity index (χ1v) is 7.46. The molecule has 5 nitrogen and oxygen atoms in total. The Morgan fingerprint density at radius 2 is 2.28 bits per heavy atom. The third-order valence-corrected chi connectivity index (χ3v) is 4.30. The van der Waals surface area contributed by atoms with E-state index in [1.165, 1.54) is 12.8 Å². The van der Waals surface area contributed by atoms with E-state index in [-0.39, 0.29) is 0 Å². The maximum Gasteiger partial charge on any atom is 0.209 e. The van der Waals surface area contributed by atoms with E-state index < -0.39 is 0 Å². The van der Waals surface area contributed by atoms with Gasteiger partial charge in [-0.1, -0.05) is 33.8 Å². The van der Waals surface area contributed by atoms with Gasteiger partial charge in [-0.05, 0) is 41.0 Å². The van der Waals surface area contributed by atoms with E-state index in [0.29, 0.717) is 6.04 Å². The first-order chi connectivity index (χ1) is 8.74. The highest BCUT2D eigenvalue weighted by Gasteiger charge is 2.27. The van der Waals surface area contributed by atoms with Crippen LogP contribution in [0, 0.1) is 0 Å². The number of benzene rings is 1. The van der Waals surface area contributed by atoms with Crippen LogP contribution >= 0.6 is 27.7 Å². The minimum Gasteiger partial charge on any atom is -0.398 e. The number of hydrogen-bond donors (Lipinski definition) is 1. The van der Waals surface area contributed by atoms with Gasteiger partial charge in [-0.2, -0.15) is 0 Å². The third kappa shape index (κ3) is 2.51. The summed E-state index contributed by atoms with van der Waals surface area (Å²) in [5.74, 6) is 0.784. The summed E-state index contributed by atoms with van der Waals surface area (Å²) in [4.78, 5) is 0. The number of aromatic nitrogens is 4. The third-order valence-electron chi connectivity index (χ3n) is 2.82. The summed E-state index contributed by atoms with van der Waals surface area (Å²) in [7, 11) is 0. The Hall–Kier alpha value is -1.08. The Morgan fingerprint density at radius 3 is 3.00 bits per heavy atom. The molecule has 0 aliphatic heterocycles. The molecule has 1 heterocycles. The van der Waals surface area contributed by atoms with Gasteiger partial charge in [0, 0.05) is 15.9 Å². The second-order valence-electron chi connectivity index (χ2n) is 4.27. The van der Waals surface area contributed by atoms with Gasteiger partial charge in [-0.3, -0.25) is 0 Å². The van der Waals surface area contributed by atoms with Gasteiger partial charge in [0.15, 0.2) is 0 Å². The second kappa shape index (κ2) is 4.89. The Bertz CT molecular complexity index is 566. The van der Waals surface area contributed by atoms with Crippen LogP contribution in [0.15, 0.2) is 27.8 Å². The predicted octanol–water partition coefficient (Wildman–Crippen LogP) is 2.65. The lowest BCUT2D eigenvalue weighted by molar-refractivity contribution is 0.565. The van der Waals surface area contributed by atoms with Crippen LogP contribution in [0.5, 0.6) is 0 Å². The van der Waals surface area contributed by atoms with Crippen molar-refractivity contribution in [2.75, 3.05) is 5.73 Å². The zero-order valence-electron chi connectivity index (χ0n) is 9.58. The maximum atomic E-state index is 5.97. The molecule has 94 valence electrons. The van der Waals surface area contributed by atoms with Crippen molar-refractivity contribution in [3.8, 4) is 0 Å². The molecule has 1 saturated carbocycles. The van der Waals surface area contributed by atoms with Gasteiger partial charge in [0.1, 0.15) is 0 Å². The fourth-order valence-electron chi connectivity index (χ4n) is 1.67. The lowest BCUT2D eigenvalue weighted by Crippen LogP contribution is -1.99. The van der Waals surface area contributed by atoms with E-state index in [1.807, 2.05) is 22.9 Å². The fourth-order valence-corrected chi connectivity index (χ4v) is 3.01. The number of thioether (sulfide) groups is 1. The largest absolute Gasteiger partial charge is 0.398 e. The summed E-state index contributed by atoms with van der Waals surface area (Å²) in [6.07, 6.45) is 2.36. The highest BCUT2D eigenvalue weighted by Crippen LogP contribution is 2.37. The molecule has 0 saturated heterocycles. The van der Waals surface area contributed by atoms with Gasteiger partial charge >= 0.3 is 0 Å². The number of hydrogen-bond acceptors (Lipinski definition) is 5. The van der Waals surface area contributed by atoms with Crippen LogP contribution in [0.4, 0.5) is 5.69 Å². The summed E-state index contributed by atoms with van der Waals surface area (Å²) in [6.45, 7) is 0. The standard InChI is InChI=1S/C11H12BrN5S/c12-8-2-1-7(10(13)5-8)6-18-11-14-15-16-17(11)9-3-4-9/h1-2,5,9H,3-4,6,13H2. The number of halogens is 1.